The van der Waals surface area contributed by atoms with Crippen LogP contribution in [0.2, 0.25) is 5.02 Å². The lowest BCUT2D eigenvalue weighted by atomic mass is 9.94. The summed E-state index contributed by atoms with van der Waals surface area (Å²) in [5.74, 6) is 1.53. The van der Waals surface area contributed by atoms with Gasteiger partial charge < -0.3 is 9.47 Å². The molecule has 2 aromatic carbocycles. The van der Waals surface area contributed by atoms with Gasteiger partial charge in [-0.05, 0) is 76.5 Å². The molecule has 1 aliphatic rings. The van der Waals surface area contributed by atoms with Crippen molar-refractivity contribution in [3.8, 4) is 0 Å². The molecule has 6 heteroatoms. The van der Waals surface area contributed by atoms with Gasteiger partial charge in [-0.15, -0.1) is 0 Å². The summed E-state index contributed by atoms with van der Waals surface area (Å²) in [5.41, 5.74) is 3.38. The number of hydrogen-bond acceptors (Lipinski definition) is 3. The van der Waals surface area contributed by atoms with E-state index in [-0.39, 0.29) is 12.0 Å². The van der Waals surface area contributed by atoms with Gasteiger partial charge in [0.2, 0.25) is 5.91 Å². The number of rotatable bonds is 7. The minimum Gasteiger partial charge on any atom is -0.340 e. The zero-order chi connectivity index (χ0) is 22.7. The van der Waals surface area contributed by atoms with Crippen molar-refractivity contribution < 1.29 is 4.79 Å². The van der Waals surface area contributed by atoms with Crippen molar-refractivity contribution in [3.05, 3.63) is 64.9 Å². The second kappa shape index (κ2) is 10.1. The third kappa shape index (κ3) is 5.00. The maximum Gasteiger partial charge on any atom is 0.225 e. The first-order chi connectivity index (χ1) is 15.5. The van der Waals surface area contributed by atoms with Crippen molar-refractivity contribution in [2.24, 2.45) is 5.92 Å². The van der Waals surface area contributed by atoms with Crippen LogP contribution in [0.3, 0.4) is 0 Å². The molecule has 3 aromatic rings. The van der Waals surface area contributed by atoms with Crippen molar-refractivity contribution >= 4 is 28.5 Å². The molecule has 5 nitrogen and oxygen atoms in total. The summed E-state index contributed by atoms with van der Waals surface area (Å²) >= 11 is 6.08. The van der Waals surface area contributed by atoms with Crippen molar-refractivity contribution in [2.45, 2.75) is 52.7 Å². The van der Waals surface area contributed by atoms with Crippen LogP contribution in [0, 0.1) is 5.92 Å². The van der Waals surface area contributed by atoms with Gasteiger partial charge >= 0.3 is 0 Å². The number of piperidine rings is 1. The molecule has 0 aliphatic carbocycles. The van der Waals surface area contributed by atoms with Gasteiger partial charge in [0, 0.05) is 30.1 Å². The second-order valence-electron chi connectivity index (χ2n) is 9.00. The highest BCUT2D eigenvalue weighted by Crippen LogP contribution is 2.24. The number of halogens is 1. The predicted molar refractivity (Wildman–Crippen MR) is 131 cm³/mol. The highest BCUT2D eigenvalue weighted by atomic mass is 35.5. The van der Waals surface area contributed by atoms with Crippen molar-refractivity contribution in [1.82, 2.24) is 19.4 Å². The molecule has 1 saturated heterocycles. The molecule has 1 fully saturated rings. The molecule has 0 spiro atoms. The zero-order valence-corrected chi connectivity index (χ0v) is 20.1. The highest BCUT2D eigenvalue weighted by molar-refractivity contribution is 6.30. The molecule has 0 N–H and O–H groups in total. The average Bonchev–Trinajstić information content (AvgIpc) is 3.13. The van der Waals surface area contributed by atoms with Crippen LogP contribution in [0.4, 0.5) is 0 Å². The van der Waals surface area contributed by atoms with Crippen LogP contribution in [0.5, 0.6) is 0 Å². The monoisotopic (exact) mass is 452 g/mol. The standard InChI is InChI=1S/C26H33ClN4O/c1-4-30(19(2)3)26(32)21-13-15-29(16-14-21)18-25-28-23-7-5-6-8-24(23)31(25)17-20-9-11-22(27)12-10-20/h5-12,19,21H,4,13-18H2,1-3H3. The number of likely N-dealkylation sites (tertiary alicyclic amines) is 1. The van der Waals surface area contributed by atoms with Crippen LogP contribution < -0.4 is 0 Å². The summed E-state index contributed by atoms with van der Waals surface area (Å²) in [4.78, 5) is 22.3. The quantitative estimate of drug-likeness (QED) is 0.494. The van der Waals surface area contributed by atoms with Gasteiger partial charge in [-0.1, -0.05) is 35.9 Å². The molecule has 1 amide bonds. The van der Waals surface area contributed by atoms with E-state index in [1.165, 1.54) is 5.56 Å². The topological polar surface area (TPSA) is 41.4 Å². The smallest absolute Gasteiger partial charge is 0.225 e. The Bertz CT molecular complexity index is 1050. The van der Waals surface area contributed by atoms with E-state index in [9.17, 15) is 4.79 Å². The lowest BCUT2D eigenvalue weighted by molar-refractivity contribution is -0.138. The van der Waals surface area contributed by atoms with Crippen LogP contribution >= 0.6 is 11.6 Å². The van der Waals surface area contributed by atoms with Gasteiger partial charge in [0.05, 0.1) is 17.6 Å². The minimum absolute atomic E-state index is 0.140. The Morgan fingerprint density at radius 2 is 1.78 bits per heavy atom. The van der Waals surface area contributed by atoms with Crippen LogP contribution in [0.25, 0.3) is 11.0 Å². The number of carbonyl (C=O) groups excluding carboxylic acids is 1. The van der Waals surface area contributed by atoms with E-state index in [4.69, 9.17) is 16.6 Å². The molecule has 0 atom stereocenters. The summed E-state index contributed by atoms with van der Waals surface area (Å²) in [6, 6.07) is 16.6. The number of benzene rings is 2. The third-order valence-electron chi connectivity index (χ3n) is 6.54. The molecule has 32 heavy (non-hydrogen) atoms. The van der Waals surface area contributed by atoms with Crippen molar-refractivity contribution in [3.63, 3.8) is 0 Å². The molecule has 0 unspecified atom stereocenters. The van der Waals surface area contributed by atoms with E-state index in [1.54, 1.807) is 0 Å². The fourth-order valence-electron chi connectivity index (χ4n) is 4.74. The van der Waals surface area contributed by atoms with Gasteiger partial charge in [0.1, 0.15) is 5.82 Å². The fraction of sp³-hybridized carbons (Fsp3) is 0.462. The maximum absolute atomic E-state index is 12.9. The summed E-state index contributed by atoms with van der Waals surface area (Å²) in [6.07, 6.45) is 1.83. The highest BCUT2D eigenvalue weighted by Gasteiger charge is 2.29. The first-order valence-electron chi connectivity index (χ1n) is 11.7. The van der Waals surface area contributed by atoms with E-state index in [2.05, 4.69) is 60.6 Å². The Morgan fingerprint density at radius 1 is 1.09 bits per heavy atom. The summed E-state index contributed by atoms with van der Waals surface area (Å²) < 4.78 is 2.31. The zero-order valence-electron chi connectivity index (χ0n) is 19.3. The molecule has 0 radical (unpaired) electrons. The SMILES string of the molecule is CCN(C(=O)C1CCN(Cc2nc3ccccc3n2Cc2ccc(Cl)cc2)CC1)C(C)C. The number of nitrogens with zero attached hydrogens (tertiary/aromatic N) is 4. The Labute approximate surface area is 196 Å². The number of para-hydroxylation sites is 2. The summed E-state index contributed by atoms with van der Waals surface area (Å²) in [7, 11) is 0. The first kappa shape index (κ1) is 22.8. The molecule has 2 heterocycles. The van der Waals surface area contributed by atoms with Gasteiger partial charge in [-0.2, -0.15) is 0 Å². The van der Waals surface area contributed by atoms with Gasteiger partial charge in [-0.25, -0.2) is 4.98 Å². The van der Waals surface area contributed by atoms with Crippen LogP contribution in [0.15, 0.2) is 48.5 Å². The number of amides is 1. The fourth-order valence-corrected chi connectivity index (χ4v) is 4.87. The van der Waals surface area contributed by atoms with E-state index in [1.807, 2.05) is 23.1 Å². The number of fused-ring (bicyclic) bond motifs is 1. The number of aromatic nitrogens is 2. The Balaban J connectivity index is 1.48. The number of hydrogen-bond donors (Lipinski definition) is 0. The lowest BCUT2D eigenvalue weighted by Crippen LogP contribution is -2.45. The van der Waals surface area contributed by atoms with E-state index in [0.717, 1.165) is 67.4 Å². The average molecular weight is 453 g/mol. The van der Waals surface area contributed by atoms with Gasteiger partial charge in [-0.3, -0.25) is 9.69 Å². The molecular weight excluding hydrogens is 420 g/mol. The van der Waals surface area contributed by atoms with Gasteiger partial charge in [0.25, 0.3) is 0 Å². The van der Waals surface area contributed by atoms with Crippen molar-refractivity contribution in [1.29, 1.82) is 0 Å². The van der Waals surface area contributed by atoms with Gasteiger partial charge in [0.15, 0.2) is 0 Å². The van der Waals surface area contributed by atoms with E-state index < -0.39 is 0 Å². The van der Waals surface area contributed by atoms with Crippen LogP contribution in [0.1, 0.15) is 45.0 Å². The number of carbonyl (C=O) groups is 1. The normalized spacial score (nSPS) is 15.5. The Hall–Kier alpha value is -2.37. The minimum atomic E-state index is 0.140. The molecule has 0 bridgehead atoms. The molecule has 1 aliphatic heterocycles. The molecule has 1 aromatic heterocycles. The Morgan fingerprint density at radius 3 is 2.44 bits per heavy atom. The molecule has 170 valence electrons. The summed E-state index contributed by atoms with van der Waals surface area (Å²) in [5, 5.41) is 0.751. The largest absolute Gasteiger partial charge is 0.340 e. The third-order valence-corrected chi connectivity index (χ3v) is 6.79. The first-order valence-corrected chi connectivity index (χ1v) is 12.1. The Kier molecular flexibility index (Phi) is 7.17. The maximum atomic E-state index is 12.9. The lowest BCUT2D eigenvalue weighted by Gasteiger charge is -2.35. The van der Waals surface area contributed by atoms with E-state index >= 15 is 0 Å². The molecule has 4 rings (SSSR count). The van der Waals surface area contributed by atoms with Crippen molar-refractivity contribution in [2.75, 3.05) is 19.6 Å². The van der Waals surface area contributed by atoms with Crippen LogP contribution in [-0.4, -0.2) is 50.9 Å². The molecule has 0 saturated carbocycles. The molecular formula is C26H33ClN4O. The second-order valence-corrected chi connectivity index (χ2v) is 9.43. The number of imidazole rings is 1. The van der Waals surface area contributed by atoms with Crippen LogP contribution in [-0.2, 0) is 17.9 Å². The van der Waals surface area contributed by atoms with E-state index in [0.29, 0.717) is 5.91 Å². The summed E-state index contributed by atoms with van der Waals surface area (Å²) in [6.45, 7) is 10.5. The predicted octanol–water partition coefficient (Wildman–Crippen LogP) is 5.21.